The van der Waals surface area contributed by atoms with Crippen molar-refractivity contribution in [3.05, 3.63) is 29.8 Å². The summed E-state index contributed by atoms with van der Waals surface area (Å²) in [5, 5.41) is 0. The molecule has 4 nitrogen and oxygen atoms in total. The molecule has 1 atom stereocenters. The molecule has 1 aromatic carbocycles. The molecular weight excluding hydrogens is 329 g/mol. The van der Waals surface area contributed by atoms with Crippen LogP contribution in [-0.2, 0) is 16.2 Å². The van der Waals surface area contributed by atoms with Gasteiger partial charge in [0.25, 0.3) is 0 Å². The molecule has 0 radical (unpaired) electrons. The lowest BCUT2D eigenvalue weighted by Crippen LogP contribution is -2.45. The number of nitrogens with zero attached hydrogens (tertiary/aromatic N) is 1. The van der Waals surface area contributed by atoms with E-state index in [1.165, 1.54) is 4.31 Å². The van der Waals surface area contributed by atoms with Crippen molar-refractivity contribution in [1.29, 1.82) is 0 Å². The molecule has 2 rings (SSSR count). The molecule has 1 aliphatic rings. The number of piperidine rings is 1. The minimum Gasteiger partial charge on any atom is -0.327 e. The Morgan fingerprint density at radius 3 is 2.24 bits per heavy atom. The van der Waals surface area contributed by atoms with E-state index in [1.807, 2.05) is 0 Å². The second-order valence-corrected chi connectivity index (χ2v) is 6.73. The van der Waals surface area contributed by atoms with Crippen molar-refractivity contribution in [3.8, 4) is 0 Å². The van der Waals surface area contributed by atoms with Crippen molar-refractivity contribution in [2.75, 3.05) is 13.1 Å². The monoisotopic (exact) mass is 344 g/mol. The molecule has 1 saturated heterocycles. The van der Waals surface area contributed by atoms with Crippen LogP contribution in [0.15, 0.2) is 29.2 Å². The van der Waals surface area contributed by atoms with Gasteiger partial charge in [0, 0.05) is 19.1 Å². The number of sulfonamides is 1. The van der Waals surface area contributed by atoms with Crippen LogP contribution in [0.5, 0.6) is 0 Å². The Morgan fingerprint density at radius 2 is 1.76 bits per heavy atom. The van der Waals surface area contributed by atoms with E-state index in [-0.39, 0.29) is 29.9 Å². The van der Waals surface area contributed by atoms with Gasteiger partial charge >= 0.3 is 6.18 Å². The van der Waals surface area contributed by atoms with Crippen molar-refractivity contribution >= 4 is 22.4 Å². The Bertz CT molecular complexity index is 575. The van der Waals surface area contributed by atoms with Crippen molar-refractivity contribution < 1.29 is 21.6 Å². The van der Waals surface area contributed by atoms with Crippen LogP contribution in [0.3, 0.4) is 0 Å². The highest BCUT2D eigenvalue weighted by atomic mass is 35.5. The molecule has 0 spiro atoms. The SMILES string of the molecule is Cl.NC1CCCN(S(=O)(=O)c2ccc(C(F)(F)F)cc2)C1. The zero-order chi connectivity index (χ0) is 15.0. The molecule has 1 unspecified atom stereocenters. The fraction of sp³-hybridized carbons (Fsp3) is 0.500. The van der Waals surface area contributed by atoms with Gasteiger partial charge in [-0.3, -0.25) is 0 Å². The molecule has 0 amide bonds. The highest BCUT2D eigenvalue weighted by Crippen LogP contribution is 2.30. The van der Waals surface area contributed by atoms with Crippen LogP contribution in [0.2, 0.25) is 0 Å². The highest BCUT2D eigenvalue weighted by Gasteiger charge is 2.32. The normalized spacial score (nSPS) is 20.9. The maximum absolute atomic E-state index is 12.4. The van der Waals surface area contributed by atoms with E-state index < -0.39 is 21.8 Å². The molecule has 0 bridgehead atoms. The third-order valence-corrected chi connectivity index (χ3v) is 5.12. The maximum atomic E-state index is 12.4. The minimum absolute atomic E-state index is 0. The van der Waals surface area contributed by atoms with E-state index in [0.29, 0.717) is 13.0 Å². The molecule has 1 heterocycles. The van der Waals surface area contributed by atoms with Crippen LogP contribution >= 0.6 is 12.4 Å². The number of rotatable bonds is 2. The van der Waals surface area contributed by atoms with Crippen molar-refractivity contribution in [2.45, 2.75) is 30.0 Å². The first-order valence-electron chi connectivity index (χ1n) is 6.14. The topological polar surface area (TPSA) is 63.4 Å². The molecule has 1 aromatic rings. The lowest BCUT2D eigenvalue weighted by atomic mass is 10.1. The van der Waals surface area contributed by atoms with Gasteiger partial charge in [-0.15, -0.1) is 12.4 Å². The van der Waals surface area contributed by atoms with Gasteiger partial charge in [-0.2, -0.15) is 17.5 Å². The van der Waals surface area contributed by atoms with E-state index >= 15 is 0 Å². The Kier molecular flexibility index (Phi) is 5.65. The molecule has 1 aliphatic heterocycles. The minimum atomic E-state index is -4.48. The molecule has 21 heavy (non-hydrogen) atoms. The molecule has 120 valence electrons. The smallest absolute Gasteiger partial charge is 0.327 e. The maximum Gasteiger partial charge on any atom is 0.416 e. The van der Waals surface area contributed by atoms with Gasteiger partial charge < -0.3 is 5.73 Å². The van der Waals surface area contributed by atoms with Crippen molar-refractivity contribution in [3.63, 3.8) is 0 Å². The third kappa shape index (κ3) is 4.09. The summed E-state index contributed by atoms with van der Waals surface area (Å²) in [5.74, 6) is 0. The Labute approximate surface area is 127 Å². The van der Waals surface area contributed by atoms with Gasteiger partial charge in [0.15, 0.2) is 0 Å². The standard InChI is InChI=1S/C12H15F3N2O2S.ClH/c13-12(14,15)9-3-5-11(6-4-9)20(18,19)17-7-1-2-10(16)8-17;/h3-6,10H,1-2,7-8,16H2;1H. The summed E-state index contributed by atoms with van der Waals surface area (Å²) in [4.78, 5) is -0.139. The fourth-order valence-electron chi connectivity index (χ4n) is 2.16. The van der Waals surface area contributed by atoms with Crippen LogP contribution in [0.4, 0.5) is 13.2 Å². The number of hydrogen-bond acceptors (Lipinski definition) is 3. The average Bonchev–Trinajstić information content (AvgIpc) is 2.38. The molecule has 9 heteroatoms. The van der Waals surface area contributed by atoms with Crippen LogP contribution in [0, 0.1) is 0 Å². The third-order valence-electron chi connectivity index (χ3n) is 3.24. The Balaban J connectivity index is 0.00000220. The number of benzene rings is 1. The quantitative estimate of drug-likeness (QED) is 0.895. The predicted molar refractivity (Wildman–Crippen MR) is 74.7 cm³/mol. The highest BCUT2D eigenvalue weighted by molar-refractivity contribution is 7.89. The second kappa shape index (κ2) is 6.51. The van der Waals surface area contributed by atoms with Gasteiger partial charge in [0.2, 0.25) is 10.0 Å². The summed E-state index contributed by atoms with van der Waals surface area (Å²) in [6, 6.07) is 3.29. The zero-order valence-corrected chi connectivity index (χ0v) is 12.6. The van der Waals surface area contributed by atoms with Crippen LogP contribution < -0.4 is 5.73 Å². The zero-order valence-electron chi connectivity index (χ0n) is 11.0. The first-order valence-corrected chi connectivity index (χ1v) is 7.58. The molecular formula is C12H16ClF3N2O2S. The van der Waals surface area contributed by atoms with E-state index in [1.54, 1.807) is 0 Å². The summed E-state index contributed by atoms with van der Waals surface area (Å²) in [6.07, 6.45) is -3.07. The second-order valence-electron chi connectivity index (χ2n) is 4.79. The Morgan fingerprint density at radius 1 is 1.19 bits per heavy atom. The number of alkyl halides is 3. The van der Waals surface area contributed by atoms with Gasteiger partial charge in [0.05, 0.1) is 10.5 Å². The lowest BCUT2D eigenvalue weighted by molar-refractivity contribution is -0.137. The van der Waals surface area contributed by atoms with E-state index in [4.69, 9.17) is 5.73 Å². The number of nitrogens with two attached hydrogens (primary N) is 1. The van der Waals surface area contributed by atoms with Crippen LogP contribution in [0.1, 0.15) is 18.4 Å². The van der Waals surface area contributed by atoms with Gasteiger partial charge in [-0.1, -0.05) is 0 Å². The summed E-state index contributed by atoms with van der Waals surface area (Å²) in [7, 11) is -3.77. The molecule has 0 aromatic heterocycles. The van der Waals surface area contributed by atoms with E-state index in [2.05, 4.69) is 0 Å². The van der Waals surface area contributed by atoms with Crippen LogP contribution in [-0.4, -0.2) is 31.9 Å². The van der Waals surface area contributed by atoms with E-state index in [0.717, 1.165) is 30.7 Å². The fourth-order valence-corrected chi connectivity index (χ4v) is 3.69. The predicted octanol–water partition coefficient (Wildman–Crippen LogP) is 2.24. The number of hydrogen-bond donors (Lipinski definition) is 1. The molecule has 1 fully saturated rings. The Hall–Kier alpha value is -0.830. The van der Waals surface area contributed by atoms with Crippen LogP contribution in [0.25, 0.3) is 0 Å². The first-order chi connectivity index (χ1) is 9.21. The van der Waals surface area contributed by atoms with Crippen molar-refractivity contribution in [1.82, 2.24) is 4.31 Å². The lowest BCUT2D eigenvalue weighted by Gasteiger charge is -2.29. The largest absolute Gasteiger partial charge is 0.416 e. The number of halogens is 4. The summed E-state index contributed by atoms with van der Waals surface area (Å²) in [5.41, 5.74) is 4.86. The first kappa shape index (κ1) is 18.2. The molecule has 0 saturated carbocycles. The summed E-state index contributed by atoms with van der Waals surface area (Å²) >= 11 is 0. The molecule has 0 aliphatic carbocycles. The van der Waals surface area contributed by atoms with Gasteiger partial charge in [-0.05, 0) is 37.1 Å². The summed E-state index contributed by atoms with van der Waals surface area (Å²) < 4.78 is 63.1. The molecule has 2 N–H and O–H groups in total. The average molecular weight is 345 g/mol. The van der Waals surface area contributed by atoms with Gasteiger partial charge in [-0.25, -0.2) is 8.42 Å². The van der Waals surface area contributed by atoms with Gasteiger partial charge in [0.1, 0.15) is 0 Å². The van der Waals surface area contributed by atoms with Crippen molar-refractivity contribution in [2.24, 2.45) is 5.73 Å². The summed E-state index contributed by atoms with van der Waals surface area (Å²) in [6.45, 7) is 0.542. The van der Waals surface area contributed by atoms with E-state index in [9.17, 15) is 21.6 Å².